The van der Waals surface area contributed by atoms with Gasteiger partial charge in [-0.3, -0.25) is 4.79 Å². The molecule has 0 aliphatic carbocycles. The number of para-hydroxylation sites is 1. The Morgan fingerprint density at radius 3 is 2.41 bits per heavy atom. The van der Waals surface area contributed by atoms with Crippen LogP contribution >= 0.6 is 0 Å². The average molecular weight is 444 g/mol. The van der Waals surface area contributed by atoms with Crippen molar-refractivity contribution in [2.24, 2.45) is 10.9 Å². The smallest absolute Gasteiger partial charge is 0.416 e. The molecule has 0 fully saturated rings. The van der Waals surface area contributed by atoms with Crippen molar-refractivity contribution in [1.82, 2.24) is 4.98 Å². The highest BCUT2D eigenvalue weighted by Crippen LogP contribution is 2.29. The van der Waals surface area contributed by atoms with E-state index in [1.807, 2.05) is 6.07 Å². The van der Waals surface area contributed by atoms with E-state index < -0.39 is 23.8 Å². The molecule has 0 saturated carbocycles. The number of nitrogens with zero attached hydrogens (tertiary/aromatic N) is 2. The third kappa shape index (κ3) is 5.97. The Kier molecular flexibility index (Phi) is 6.93. The van der Waals surface area contributed by atoms with Gasteiger partial charge in [-0.15, -0.1) is 0 Å². The molecule has 3 N–H and O–H groups in total. The summed E-state index contributed by atoms with van der Waals surface area (Å²) in [6.07, 6.45) is -4.01. The van der Waals surface area contributed by atoms with Crippen LogP contribution in [0.15, 0.2) is 78.1 Å². The summed E-state index contributed by atoms with van der Waals surface area (Å²) in [5, 5.41) is 6.22. The number of carbonyl (C=O) groups excluding carboxylic acids is 1. The largest absolute Gasteiger partial charge is 0.438 e. The predicted molar refractivity (Wildman–Crippen MR) is 112 cm³/mol. The van der Waals surface area contributed by atoms with E-state index in [0.717, 1.165) is 24.3 Å². The normalized spacial score (nSPS) is 12.7. The molecule has 0 bridgehead atoms. The standard InChI is InChI=1S/C22H19F3N4O3/c1-14(20(30)28-16-11-9-15(10-12-16)22(23,24)25)32-29-19(26)18-8-5-13-27-21(18)31-17-6-3-2-4-7-17/h2-14H,1H3,(H2,26,29)(H,28,30)/t14-/m0/s1. The molecule has 3 rings (SSSR count). The molecular weight excluding hydrogens is 425 g/mol. The first-order valence-corrected chi connectivity index (χ1v) is 9.40. The topological polar surface area (TPSA) is 98.8 Å². The molecule has 1 heterocycles. The zero-order valence-electron chi connectivity index (χ0n) is 16.8. The number of hydrogen-bond acceptors (Lipinski definition) is 5. The van der Waals surface area contributed by atoms with Gasteiger partial charge < -0.3 is 20.6 Å². The summed E-state index contributed by atoms with van der Waals surface area (Å²) in [4.78, 5) is 21.5. The number of alkyl halides is 3. The van der Waals surface area contributed by atoms with Gasteiger partial charge in [-0.25, -0.2) is 4.98 Å². The second-order valence-electron chi connectivity index (χ2n) is 6.56. The molecule has 1 atom stereocenters. The molecule has 10 heteroatoms. The maximum atomic E-state index is 12.6. The summed E-state index contributed by atoms with van der Waals surface area (Å²) in [6.45, 7) is 1.42. The van der Waals surface area contributed by atoms with Crippen molar-refractivity contribution >= 4 is 17.4 Å². The van der Waals surface area contributed by atoms with Crippen molar-refractivity contribution in [2.45, 2.75) is 19.2 Å². The van der Waals surface area contributed by atoms with E-state index in [9.17, 15) is 18.0 Å². The Morgan fingerprint density at radius 2 is 1.75 bits per heavy atom. The van der Waals surface area contributed by atoms with E-state index >= 15 is 0 Å². The summed E-state index contributed by atoms with van der Waals surface area (Å²) in [5.41, 5.74) is 5.69. The van der Waals surface area contributed by atoms with E-state index in [0.29, 0.717) is 11.3 Å². The van der Waals surface area contributed by atoms with E-state index in [4.69, 9.17) is 15.3 Å². The Hall–Kier alpha value is -4.08. The number of pyridine rings is 1. The van der Waals surface area contributed by atoms with Gasteiger partial charge in [0.1, 0.15) is 5.75 Å². The number of carbonyl (C=O) groups is 1. The second kappa shape index (κ2) is 9.82. The van der Waals surface area contributed by atoms with Gasteiger partial charge in [-0.1, -0.05) is 23.4 Å². The Labute approximate surface area is 181 Å². The van der Waals surface area contributed by atoms with Crippen molar-refractivity contribution in [2.75, 3.05) is 5.32 Å². The molecule has 7 nitrogen and oxygen atoms in total. The highest BCUT2D eigenvalue weighted by Gasteiger charge is 2.30. The lowest BCUT2D eigenvalue weighted by atomic mass is 10.2. The molecule has 0 aliphatic heterocycles. The van der Waals surface area contributed by atoms with E-state index in [1.165, 1.54) is 13.1 Å². The zero-order chi connectivity index (χ0) is 23.1. The number of hydrogen-bond donors (Lipinski definition) is 2. The van der Waals surface area contributed by atoms with Crippen LogP contribution in [-0.4, -0.2) is 22.8 Å². The fraction of sp³-hybridized carbons (Fsp3) is 0.136. The number of amides is 1. The minimum Gasteiger partial charge on any atom is -0.438 e. The fourth-order valence-electron chi connectivity index (χ4n) is 2.49. The molecule has 0 spiro atoms. The monoisotopic (exact) mass is 444 g/mol. The SMILES string of the molecule is C[C@H](O/N=C(\N)c1cccnc1Oc1ccccc1)C(=O)Nc1ccc(C(F)(F)F)cc1. The molecule has 3 aromatic rings. The first-order chi connectivity index (χ1) is 15.2. The first-order valence-electron chi connectivity index (χ1n) is 9.40. The Bertz CT molecular complexity index is 1090. The van der Waals surface area contributed by atoms with Gasteiger partial charge >= 0.3 is 6.18 Å². The number of aromatic nitrogens is 1. The molecule has 0 aliphatic rings. The third-order valence-corrected chi connectivity index (χ3v) is 4.16. The third-order valence-electron chi connectivity index (χ3n) is 4.16. The molecule has 166 valence electrons. The molecule has 1 amide bonds. The molecule has 0 radical (unpaired) electrons. The Morgan fingerprint density at radius 1 is 1.06 bits per heavy atom. The fourth-order valence-corrected chi connectivity index (χ4v) is 2.49. The van der Waals surface area contributed by atoms with Crippen LogP contribution in [0.25, 0.3) is 0 Å². The number of benzene rings is 2. The van der Waals surface area contributed by atoms with Crippen LogP contribution in [0.3, 0.4) is 0 Å². The van der Waals surface area contributed by atoms with Crippen LogP contribution in [0.4, 0.5) is 18.9 Å². The molecular formula is C22H19F3N4O3. The number of rotatable bonds is 7. The first kappa shape index (κ1) is 22.6. The number of anilines is 1. The van der Waals surface area contributed by atoms with Crippen LogP contribution in [0.5, 0.6) is 11.6 Å². The highest BCUT2D eigenvalue weighted by molar-refractivity contribution is 5.99. The average Bonchev–Trinajstić information content (AvgIpc) is 2.78. The van der Waals surface area contributed by atoms with Gasteiger partial charge in [0.15, 0.2) is 5.84 Å². The maximum Gasteiger partial charge on any atom is 0.416 e. The highest BCUT2D eigenvalue weighted by atomic mass is 19.4. The summed E-state index contributed by atoms with van der Waals surface area (Å²) >= 11 is 0. The van der Waals surface area contributed by atoms with Crippen LogP contribution in [0, 0.1) is 0 Å². The minimum absolute atomic E-state index is 0.0711. The van der Waals surface area contributed by atoms with Crippen molar-refractivity contribution < 1.29 is 27.5 Å². The molecule has 0 saturated heterocycles. The Balaban J connectivity index is 1.64. The lowest BCUT2D eigenvalue weighted by Gasteiger charge is -2.13. The lowest BCUT2D eigenvalue weighted by molar-refractivity contribution is -0.137. The number of oxime groups is 1. The van der Waals surface area contributed by atoms with Crippen LogP contribution in [0.1, 0.15) is 18.1 Å². The maximum absolute atomic E-state index is 12.6. The number of halogens is 3. The quantitative estimate of drug-likeness (QED) is 0.316. The second-order valence-corrected chi connectivity index (χ2v) is 6.56. The summed E-state index contributed by atoms with van der Waals surface area (Å²) in [7, 11) is 0. The number of ether oxygens (including phenoxy) is 1. The molecule has 0 unspecified atom stereocenters. The van der Waals surface area contributed by atoms with Crippen molar-refractivity contribution in [3.05, 3.63) is 84.1 Å². The summed E-state index contributed by atoms with van der Waals surface area (Å²) < 4.78 is 43.6. The zero-order valence-corrected chi connectivity index (χ0v) is 16.8. The van der Waals surface area contributed by atoms with Crippen molar-refractivity contribution in [3.63, 3.8) is 0 Å². The van der Waals surface area contributed by atoms with Crippen molar-refractivity contribution in [1.29, 1.82) is 0 Å². The molecule has 2 aromatic carbocycles. The summed E-state index contributed by atoms with van der Waals surface area (Å²) in [6, 6.07) is 16.2. The van der Waals surface area contributed by atoms with E-state index in [1.54, 1.807) is 36.4 Å². The van der Waals surface area contributed by atoms with E-state index in [2.05, 4.69) is 15.5 Å². The van der Waals surface area contributed by atoms with Crippen LogP contribution < -0.4 is 15.8 Å². The number of nitrogens with two attached hydrogens (primary N) is 1. The van der Waals surface area contributed by atoms with E-state index in [-0.39, 0.29) is 17.4 Å². The number of nitrogens with one attached hydrogen (secondary N) is 1. The van der Waals surface area contributed by atoms with Crippen molar-refractivity contribution in [3.8, 4) is 11.6 Å². The predicted octanol–water partition coefficient (Wildman–Crippen LogP) is 4.56. The lowest BCUT2D eigenvalue weighted by Crippen LogP contribution is -2.27. The van der Waals surface area contributed by atoms with Gasteiger partial charge in [0.05, 0.1) is 11.1 Å². The van der Waals surface area contributed by atoms with Gasteiger partial charge in [-0.05, 0) is 55.5 Å². The van der Waals surface area contributed by atoms with Gasteiger partial charge in [0.2, 0.25) is 12.0 Å². The minimum atomic E-state index is -4.46. The van der Waals surface area contributed by atoms with Gasteiger partial charge in [0, 0.05) is 11.9 Å². The van der Waals surface area contributed by atoms with Gasteiger partial charge in [0.25, 0.3) is 5.91 Å². The molecule has 1 aromatic heterocycles. The number of amidine groups is 1. The summed E-state index contributed by atoms with van der Waals surface area (Å²) in [5.74, 6) is 0.0577. The van der Waals surface area contributed by atoms with Crippen LogP contribution in [-0.2, 0) is 15.8 Å². The molecule has 32 heavy (non-hydrogen) atoms. The van der Waals surface area contributed by atoms with Gasteiger partial charge in [-0.2, -0.15) is 13.2 Å². The van der Waals surface area contributed by atoms with Crippen LogP contribution in [0.2, 0.25) is 0 Å².